The first-order valence-electron chi connectivity index (χ1n) is 6.64. The van der Waals surface area contributed by atoms with Crippen molar-refractivity contribution in [2.24, 2.45) is 0 Å². The molecule has 0 aliphatic heterocycles. The van der Waals surface area contributed by atoms with Crippen molar-refractivity contribution in [1.29, 1.82) is 0 Å². The smallest absolute Gasteiger partial charge is 0.129 e. The molecule has 0 saturated heterocycles. The molecule has 0 aliphatic rings. The van der Waals surface area contributed by atoms with E-state index in [0.29, 0.717) is 18.1 Å². The molecule has 2 aromatic rings. The van der Waals surface area contributed by atoms with Gasteiger partial charge in [-0.2, -0.15) is 0 Å². The zero-order valence-corrected chi connectivity index (χ0v) is 12.1. The number of hydrogen-bond acceptors (Lipinski definition) is 3. The summed E-state index contributed by atoms with van der Waals surface area (Å²) < 4.78 is 11.0. The SMILES string of the molecule is COc1ccc(C(C)O)c(OCc2ccc(C)cc2)c1. The van der Waals surface area contributed by atoms with E-state index in [1.54, 1.807) is 20.1 Å². The van der Waals surface area contributed by atoms with Crippen LogP contribution in [-0.4, -0.2) is 12.2 Å². The van der Waals surface area contributed by atoms with Crippen LogP contribution in [0.15, 0.2) is 42.5 Å². The van der Waals surface area contributed by atoms with E-state index in [-0.39, 0.29) is 0 Å². The predicted octanol–water partition coefficient (Wildman–Crippen LogP) is 3.64. The lowest BCUT2D eigenvalue weighted by Crippen LogP contribution is -2.01. The van der Waals surface area contributed by atoms with Gasteiger partial charge in [0.25, 0.3) is 0 Å². The molecule has 0 heterocycles. The summed E-state index contributed by atoms with van der Waals surface area (Å²) in [7, 11) is 1.61. The van der Waals surface area contributed by atoms with Crippen LogP contribution in [0.25, 0.3) is 0 Å². The van der Waals surface area contributed by atoms with E-state index in [1.807, 2.05) is 24.3 Å². The van der Waals surface area contributed by atoms with Gasteiger partial charge >= 0.3 is 0 Å². The molecule has 0 fully saturated rings. The summed E-state index contributed by atoms with van der Waals surface area (Å²) in [5.74, 6) is 1.37. The van der Waals surface area contributed by atoms with Gasteiger partial charge in [0, 0.05) is 11.6 Å². The van der Waals surface area contributed by atoms with Crippen molar-refractivity contribution in [3.63, 3.8) is 0 Å². The van der Waals surface area contributed by atoms with Gasteiger partial charge in [0.1, 0.15) is 18.1 Å². The Hall–Kier alpha value is -2.00. The van der Waals surface area contributed by atoms with Crippen molar-refractivity contribution in [2.75, 3.05) is 7.11 Å². The summed E-state index contributed by atoms with van der Waals surface area (Å²) >= 11 is 0. The van der Waals surface area contributed by atoms with Crippen LogP contribution in [0.3, 0.4) is 0 Å². The third-order valence-electron chi connectivity index (χ3n) is 3.19. The van der Waals surface area contributed by atoms with E-state index in [4.69, 9.17) is 9.47 Å². The zero-order valence-electron chi connectivity index (χ0n) is 12.1. The zero-order chi connectivity index (χ0) is 14.5. The fraction of sp³-hybridized carbons (Fsp3) is 0.294. The molecule has 1 atom stereocenters. The summed E-state index contributed by atoms with van der Waals surface area (Å²) in [6, 6.07) is 13.6. The van der Waals surface area contributed by atoms with Crippen molar-refractivity contribution < 1.29 is 14.6 Å². The second kappa shape index (κ2) is 6.44. The van der Waals surface area contributed by atoms with Crippen molar-refractivity contribution in [1.82, 2.24) is 0 Å². The predicted molar refractivity (Wildman–Crippen MR) is 79.1 cm³/mol. The third kappa shape index (κ3) is 3.52. The molecule has 106 valence electrons. The largest absolute Gasteiger partial charge is 0.497 e. The van der Waals surface area contributed by atoms with Gasteiger partial charge in [0.15, 0.2) is 0 Å². The van der Waals surface area contributed by atoms with Gasteiger partial charge in [0.2, 0.25) is 0 Å². The molecule has 0 radical (unpaired) electrons. The van der Waals surface area contributed by atoms with Crippen LogP contribution in [-0.2, 0) is 6.61 Å². The Balaban J connectivity index is 2.16. The summed E-state index contributed by atoms with van der Waals surface area (Å²) in [6.45, 7) is 4.24. The Bertz CT molecular complexity index is 559. The van der Waals surface area contributed by atoms with Crippen molar-refractivity contribution in [2.45, 2.75) is 26.6 Å². The molecule has 2 rings (SSSR count). The molecule has 2 aromatic carbocycles. The number of methoxy groups -OCH3 is 1. The Labute approximate surface area is 119 Å². The van der Waals surface area contributed by atoms with Crippen molar-refractivity contribution in [3.8, 4) is 11.5 Å². The third-order valence-corrected chi connectivity index (χ3v) is 3.19. The molecule has 0 spiro atoms. The van der Waals surface area contributed by atoms with Gasteiger partial charge in [-0.25, -0.2) is 0 Å². The average Bonchev–Trinajstić information content (AvgIpc) is 2.46. The lowest BCUT2D eigenvalue weighted by Gasteiger charge is -2.15. The number of ether oxygens (including phenoxy) is 2. The lowest BCUT2D eigenvalue weighted by atomic mass is 10.1. The minimum absolute atomic E-state index is 0.465. The standard InChI is InChI=1S/C17H20O3/c1-12-4-6-14(7-5-12)11-20-17-10-15(19-3)8-9-16(17)13(2)18/h4-10,13,18H,11H2,1-3H3. The van der Waals surface area contributed by atoms with E-state index in [0.717, 1.165) is 11.1 Å². The molecule has 3 nitrogen and oxygen atoms in total. The highest BCUT2D eigenvalue weighted by Gasteiger charge is 2.10. The maximum Gasteiger partial charge on any atom is 0.129 e. The summed E-state index contributed by atoms with van der Waals surface area (Å²) in [5, 5.41) is 9.78. The van der Waals surface area contributed by atoms with Crippen molar-refractivity contribution >= 4 is 0 Å². The normalized spacial score (nSPS) is 12.0. The van der Waals surface area contributed by atoms with E-state index in [1.165, 1.54) is 5.56 Å². The Kier molecular flexibility index (Phi) is 4.64. The number of rotatable bonds is 5. The average molecular weight is 272 g/mol. The molecular weight excluding hydrogens is 252 g/mol. The van der Waals surface area contributed by atoms with Crippen LogP contribution in [0.1, 0.15) is 29.7 Å². The van der Waals surface area contributed by atoms with Crippen LogP contribution < -0.4 is 9.47 Å². The maximum atomic E-state index is 9.78. The van der Waals surface area contributed by atoms with Crippen LogP contribution in [0.4, 0.5) is 0 Å². The number of aryl methyl sites for hydroxylation is 1. The molecular formula is C17H20O3. The lowest BCUT2D eigenvalue weighted by molar-refractivity contribution is 0.190. The quantitative estimate of drug-likeness (QED) is 0.903. The first-order chi connectivity index (χ1) is 9.60. The van der Waals surface area contributed by atoms with Gasteiger partial charge in [-0.1, -0.05) is 29.8 Å². The molecule has 0 aliphatic carbocycles. The first kappa shape index (κ1) is 14.4. The Morgan fingerprint density at radius 3 is 2.40 bits per heavy atom. The van der Waals surface area contributed by atoms with Crippen LogP contribution in [0, 0.1) is 6.92 Å². The fourth-order valence-corrected chi connectivity index (χ4v) is 1.96. The van der Waals surface area contributed by atoms with Crippen LogP contribution >= 0.6 is 0 Å². The van der Waals surface area contributed by atoms with E-state index >= 15 is 0 Å². The molecule has 0 aromatic heterocycles. The summed E-state index contributed by atoms with van der Waals surface area (Å²) in [4.78, 5) is 0. The molecule has 3 heteroatoms. The fourth-order valence-electron chi connectivity index (χ4n) is 1.96. The highest BCUT2D eigenvalue weighted by atomic mass is 16.5. The van der Waals surface area contributed by atoms with Gasteiger partial charge in [0.05, 0.1) is 13.2 Å². The molecule has 0 saturated carbocycles. The second-order valence-electron chi connectivity index (χ2n) is 4.85. The minimum Gasteiger partial charge on any atom is -0.497 e. The van der Waals surface area contributed by atoms with Crippen molar-refractivity contribution in [3.05, 3.63) is 59.2 Å². The summed E-state index contributed by atoms with van der Waals surface area (Å²) in [5.41, 5.74) is 3.08. The topological polar surface area (TPSA) is 38.7 Å². The number of aliphatic hydroxyl groups excluding tert-OH is 1. The van der Waals surface area contributed by atoms with Gasteiger partial charge < -0.3 is 14.6 Å². The number of benzene rings is 2. The Morgan fingerprint density at radius 2 is 1.80 bits per heavy atom. The monoisotopic (exact) mass is 272 g/mol. The molecule has 20 heavy (non-hydrogen) atoms. The highest BCUT2D eigenvalue weighted by Crippen LogP contribution is 2.30. The molecule has 0 amide bonds. The van der Waals surface area contributed by atoms with E-state index in [9.17, 15) is 5.11 Å². The van der Waals surface area contributed by atoms with Crippen LogP contribution in [0.5, 0.6) is 11.5 Å². The number of hydrogen-bond donors (Lipinski definition) is 1. The minimum atomic E-state index is -0.575. The van der Waals surface area contributed by atoms with Crippen LogP contribution in [0.2, 0.25) is 0 Å². The van der Waals surface area contributed by atoms with Gasteiger partial charge in [-0.3, -0.25) is 0 Å². The van der Waals surface area contributed by atoms with Gasteiger partial charge in [-0.05, 0) is 31.5 Å². The molecule has 1 unspecified atom stereocenters. The van der Waals surface area contributed by atoms with E-state index in [2.05, 4.69) is 19.1 Å². The maximum absolute atomic E-state index is 9.78. The highest BCUT2D eigenvalue weighted by molar-refractivity contribution is 5.42. The van der Waals surface area contributed by atoms with Gasteiger partial charge in [-0.15, -0.1) is 0 Å². The molecule has 0 bridgehead atoms. The van der Waals surface area contributed by atoms with E-state index < -0.39 is 6.10 Å². The molecule has 1 N–H and O–H groups in total. The second-order valence-corrected chi connectivity index (χ2v) is 4.85. The summed E-state index contributed by atoms with van der Waals surface area (Å²) in [6.07, 6.45) is -0.575. The first-order valence-corrected chi connectivity index (χ1v) is 6.64. The Morgan fingerprint density at radius 1 is 1.10 bits per heavy atom. The number of aliphatic hydroxyl groups is 1.